The number of aryl methyl sites for hydroxylation is 1. The van der Waals surface area contributed by atoms with Gasteiger partial charge >= 0.3 is 0 Å². The van der Waals surface area contributed by atoms with E-state index in [1.54, 1.807) is 0 Å². The van der Waals surface area contributed by atoms with Crippen molar-refractivity contribution in [3.63, 3.8) is 0 Å². The SMILES string of the molecule is NCCCc1ccc(SCC2CC2)cc1. The summed E-state index contributed by atoms with van der Waals surface area (Å²) < 4.78 is 0. The summed E-state index contributed by atoms with van der Waals surface area (Å²) >= 11 is 2.00. The predicted octanol–water partition coefficient (Wildman–Crippen LogP) is 3.08. The van der Waals surface area contributed by atoms with Crippen LogP contribution in [0.5, 0.6) is 0 Å². The van der Waals surface area contributed by atoms with Gasteiger partial charge in [-0.1, -0.05) is 12.1 Å². The van der Waals surface area contributed by atoms with Crippen LogP contribution in [0.3, 0.4) is 0 Å². The molecule has 1 aliphatic carbocycles. The van der Waals surface area contributed by atoms with Crippen molar-refractivity contribution in [3.05, 3.63) is 29.8 Å². The molecule has 1 aromatic rings. The number of thioether (sulfide) groups is 1. The molecule has 2 rings (SSSR count). The first-order valence-electron chi connectivity index (χ1n) is 5.80. The van der Waals surface area contributed by atoms with E-state index in [9.17, 15) is 0 Å². The number of hydrogen-bond donors (Lipinski definition) is 1. The third-order valence-electron chi connectivity index (χ3n) is 2.78. The molecule has 0 aliphatic heterocycles. The maximum atomic E-state index is 5.49. The van der Waals surface area contributed by atoms with Crippen molar-refractivity contribution in [2.45, 2.75) is 30.6 Å². The maximum Gasteiger partial charge on any atom is 0.00722 e. The monoisotopic (exact) mass is 221 g/mol. The summed E-state index contributed by atoms with van der Waals surface area (Å²) in [7, 11) is 0. The molecule has 0 radical (unpaired) electrons. The molecule has 0 unspecified atom stereocenters. The minimum Gasteiger partial charge on any atom is -0.330 e. The van der Waals surface area contributed by atoms with E-state index in [1.807, 2.05) is 11.8 Å². The van der Waals surface area contributed by atoms with Gasteiger partial charge in [0.2, 0.25) is 0 Å². The zero-order valence-corrected chi connectivity index (χ0v) is 9.93. The van der Waals surface area contributed by atoms with Crippen LogP contribution in [0.25, 0.3) is 0 Å². The number of hydrogen-bond acceptors (Lipinski definition) is 2. The summed E-state index contributed by atoms with van der Waals surface area (Å²) in [5.41, 5.74) is 6.90. The van der Waals surface area contributed by atoms with Gasteiger partial charge in [-0.25, -0.2) is 0 Å². The predicted molar refractivity (Wildman–Crippen MR) is 67.3 cm³/mol. The Bertz CT molecular complexity index is 290. The molecule has 0 aromatic heterocycles. The van der Waals surface area contributed by atoms with Crippen LogP contribution in [-0.4, -0.2) is 12.3 Å². The lowest BCUT2D eigenvalue weighted by Gasteiger charge is -2.03. The number of rotatable bonds is 6. The van der Waals surface area contributed by atoms with E-state index in [4.69, 9.17) is 5.73 Å². The Morgan fingerprint density at radius 1 is 1.20 bits per heavy atom. The van der Waals surface area contributed by atoms with Crippen molar-refractivity contribution < 1.29 is 0 Å². The standard InChI is InChI=1S/C13H19NS/c14-9-1-2-11-5-7-13(8-6-11)15-10-12-3-4-12/h5-8,12H,1-4,9-10,14H2. The van der Waals surface area contributed by atoms with Crippen molar-refractivity contribution in [1.82, 2.24) is 0 Å². The molecule has 1 saturated carbocycles. The molecule has 15 heavy (non-hydrogen) atoms. The summed E-state index contributed by atoms with van der Waals surface area (Å²) in [6.45, 7) is 0.790. The fourth-order valence-electron chi connectivity index (χ4n) is 1.56. The van der Waals surface area contributed by atoms with Crippen molar-refractivity contribution in [1.29, 1.82) is 0 Å². The van der Waals surface area contributed by atoms with Crippen molar-refractivity contribution in [3.8, 4) is 0 Å². The Labute approximate surface area is 96.4 Å². The molecular formula is C13H19NS. The highest BCUT2D eigenvalue weighted by molar-refractivity contribution is 7.99. The molecule has 1 aromatic carbocycles. The fourth-order valence-corrected chi connectivity index (χ4v) is 2.65. The first kappa shape index (κ1) is 11.0. The lowest BCUT2D eigenvalue weighted by Crippen LogP contribution is -2.00. The molecule has 1 nitrogen and oxygen atoms in total. The number of benzene rings is 1. The molecule has 0 spiro atoms. The van der Waals surface area contributed by atoms with Crippen LogP contribution in [0.15, 0.2) is 29.2 Å². The van der Waals surface area contributed by atoms with Crippen LogP contribution < -0.4 is 5.73 Å². The van der Waals surface area contributed by atoms with Gasteiger partial charge in [-0.3, -0.25) is 0 Å². The average Bonchev–Trinajstić information content (AvgIpc) is 3.09. The third-order valence-corrected chi connectivity index (χ3v) is 4.02. The third kappa shape index (κ3) is 3.88. The second kappa shape index (κ2) is 5.57. The largest absolute Gasteiger partial charge is 0.330 e. The summed E-state index contributed by atoms with van der Waals surface area (Å²) in [4.78, 5) is 1.42. The van der Waals surface area contributed by atoms with E-state index in [0.717, 1.165) is 25.3 Å². The van der Waals surface area contributed by atoms with Crippen LogP contribution in [0.1, 0.15) is 24.8 Å². The van der Waals surface area contributed by atoms with E-state index >= 15 is 0 Å². The zero-order chi connectivity index (χ0) is 10.5. The van der Waals surface area contributed by atoms with Crippen LogP contribution in [-0.2, 0) is 6.42 Å². The second-order valence-corrected chi connectivity index (χ2v) is 5.38. The topological polar surface area (TPSA) is 26.0 Å². The summed E-state index contributed by atoms with van der Waals surface area (Å²) in [6.07, 6.45) is 5.10. The molecular weight excluding hydrogens is 202 g/mol. The van der Waals surface area contributed by atoms with Crippen LogP contribution in [0.4, 0.5) is 0 Å². The van der Waals surface area contributed by atoms with Gasteiger partial charge < -0.3 is 5.73 Å². The molecule has 1 aliphatic rings. The lowest BCUT2D eigenvalue weighted by atomic mass is 10.1. The Morgan fingerprint density at radius 3 is 2.53 bits per heavy atom. The Balaban J connectivity index is 1.79. The van der Waals surface area contributed by atoms with Gasteiger partial charge in [0.1, 0.15) is 0 Å². The second-order valence-electron chi connectivity index (χ2n) is 4.29. The Morgan fingerprint density at radius 2 is 1.93 bits per heavy atom. The average molecular weight is 221 g/mol. The van der Waals surface area contributed by atoms with Gasteiger partial charge in [-0.15, -0.1) is 11.8 Å². The van der Waals surface area contributed by atoms with E-state index in [0.29, 0.717) is 0 Å². The highest BCUT2D eigenvalue weighted by atomic mass is 32.2. The van der Waals surface area contributed by atoms with E-state index in [2.05, 4.69) is 24.3 Å². The highest BCUT2D eigenvalue weighted by Gasteiger charge is 2.20. The van der Waals surface area contributed by atoms with E-state index in [-0.39, 0.29) is 0 Å². The fraction of sp³-hybridized carbons (Fsp3) is 0.538. The minimum absolute atomic E-state index is 0.790. The van der Waals surface area contributed by atoms with E-state index in [1.165, 1.54) is 29.1 Å². The molecule has 82 valence electrons. The first-order chi connectivity index (χ1) is 7.38. The maximum absolute atomic E-state index is 5.49. The van der Waals surface area contributed by atoms with Gasteiger partial charge in [0.25, 0.3) is 0 Å². The molecule has 1 fully saturated rings. The highest BCUT2D eigenvalue weighted by Crippen LogP contribution is 2.34. The van der Waals surface area contributed by atoms with Crippen LogP contribution in [0.2, 0.25) is 0 Å². The quantitative estimate of drug-likeness (QED) is 0.747. The molecule has 0 heterocycles. The molecule has 0 amide bonds. The molecule has 0 saturated heterocycles. The van der Waals surface area contributed by atoms with Crippen molar-refractivity contribution in [2.24, 2.45) is 11.7 Å². The minimum atomic E-state index is 0.790. The molecule has 0 atom stereocenters. The summed E-state index contributed by atoms with van der Waals surface area (Å²) in [5, 5.41) is 0. The van der Waals surface area contributed by atoms with Gasteiger partial charge in [-0.05, 0) is 55.8 Å². The molecule has 2 N–H and O–H groups in total. The van der Waals surface area contributed by atoms with Gasteiger partial charge in [-0.2, -0.15) is 0 Å². The number of nitrogens with two attached hydrogens (primary N) is 1. The molecule has 0 bridgehead atoms. The van der Waals surface area contributed by atoms with Gasteiger partial charge in [0.15, 0.2) is 0 Å². The normalized spacial score (nSPS) is 15.5. The van der Waals surface area contributed by atoms with Crippen LogP contribution >= 0.6 is 11.8 Å². The zero-order valence-electron chi connectivity index (χ0n) is 9.11. The van der Waals surface area contributed by atoms with Gasteiger partial charge in [0, 0.05) is 10.6 Å². The smallest absolute Gasteiger partial charge is 0.00722 e. The Kier molecular flexibility index (Phi) is 4.09. The molecule has 2 heteroatoms. The van der Waals surface area contributed by atoms with Crippen molar-refractivity contribution in [2.75, 3.05) is 12.3 Å². The first-order valence-corrected chi connectivity index (χ1v) is 6.79. The summed E-state index contributed by atoms with van der Waals surface area (Å²) in [5.74, 6) is 2.31. The van der Waals surface area contributed by atoms with E-state index < -0.39 is 0 Å². The Hall–Kier alpha value is -0.470. The lowest BCUT2D eigenvalue weighted by molar-refractivity contribution is 0.832. The van der Waals surface area contributed by atoms with Gasteiger partial charge in [0.05, 0.1) is 0 Å². The van der Waals surface area contributed by atoms with Crippen LogP contribution in [0, 0.1) is 5.92 Å². The van der Waals surface area contributed by atoms with Crippen molar-refractivity contribution >= 4 is 11.8 Å². The summed E-state index contributed by atoms with van der Waals surface area (Å²) in [6, 6.07) is 8.98.